The van der Waals surface area contributed by atoms with Crippen LogP contribution in [0.2, 0.25) is 5.02 Å². The van der Waals surface area contributed by atoms with Crippen LogP contribution in [-0.2, 0) is 0 Å². The summed E-state index contributed by atoms with van der Waals surface area (Å²) in [5.41, 5.74) is 9.30. The van der Waals surface area contributed by atoms with Crippen molar-refractivity contribution in [2.75, 3.05) is 0 Å². The molecular weight excluding hydrogens is 249 g/mol. The van der Waals surface area contributed by atoms with Gasteiger partial charge in [-0.25, -0.2) is 4.39 Å². The largest absolute Gasteiger partial charge is 0.320 e. The summed E-state index contributed by atoms with van der Waals surface area (Å²) in [5.74, 6) is -0.255. The molecule has 0 aliphatic rings. The topological polar surface area (TPSA) is 26.0 Å². The van der Waals surface area contributed by atoms with Crippen molar-refractivity contribution in [3.63, 3.8) is 0 Å². The van der Waals surface area contributed by atoms with Gasteiger partial charge in [0.25, 0.3) is 0 Å². The molecule has 0 radical (unpaired) electrons. The second kappa shape index (κ2) is 5.09. The van der Waals surface area contributed by atoms with Crippen molar-refractivity contribution in [3.05, 3.63) is 69.5 Å². The number of hydrogen-bond donors (Lipinski definition) is 1. The van der Waals surface area contributed by atoms with E-state index in [1.54, 1.807) is 12.1 Å². The van der Waals surface area contributed by atoms with Crippen LogP contribution in [-0.4, -0.2) is 0 Å². The first-order chi connectivity index (χ1) is 8.49. The van der Waals surface area contributed by atoms with E-state index in [9.17, 15) is 4.39 Å². The quantitative estimate of drug-likeness (QED) is 0.866. The molecule has 1 nitrogen and oxygen atoms in total. The van der Waals surface area contributed by atoms with Crippen LogP contribution >= 0.6 is 11.6 Å². The summed E-state index contributed by atoms with van der Waals surface area (Å²) in [4.78, 5) is 0. The third kappa shape index (κ3) is 2.55. The van der Waals surface area contributed by atoms with Crippen molar-refractivity contribution in [2.24, 2.45) is 5.73 Å². The molecular formula is C15H15ClFN. The molecule has 3 heteroatoms. The molecule has 0 spiro atoms. The smallest absolute Gasteiger partial charge is 0.128 e. The first kappa shape index (κ1) is 13.1. The van der Waals surface area contributed by atoms with Gasteiger partial charge >= 0.3 is 0 Å². The molecule has 0 aromatic heterocycles. The van der Waals surface area contributed by atoms with E-state index >= 15 is 0 Å². The summed E-state index contributed by atoms with van der Waals surface area (Å²) in [6, 6.07) is 10.2. The fourth-order valence-corrected chi connectivity index (χ4v) is 2.28. The van der Waals surface area contributed by atoms with Crippen molar-refractivity contribution >= 4 is 11.6 Å². The molecule has 0 aliphatic carbocycles. The predicted molar refractivity (Wildman–Crippen MR) is 73.4 cm³/mol. The first-order valence-corrected chi connectivity index (χ1v) is 6.14. The van der Waals surface area contributed by atoms with Gasteiger partial charge in [-0.3, -0.25) is 0 Å². The molecule has 0 bridgehead atoms. The van der Waals surface area contributed by atoms with Crippen LogP contribution in [0.15, 0.2) is 36.4 Å². The van der Waals surface area contributed by atoms with E-state index in [1.807, 2.05) is 32.0 Å². The lowest BCUT2D eigenvalue weighted by Gasteiger charge is -2.17. The van der Waals surface area contributed by atoms with Crippen LogP contribution in [0, 0.1) is 19.7 Å². The number of nitrogens with two attached hydrogens (primary N) is 1. The second-order valence-electron chi connectivity index (χ2n) is 4.51. The molecule has 0 heterocycles. The summed E-state index contributed by atoms with van der Waals surface area (Å²) < 4.78 is 14.0. The minimum absolute atomic E-state index is 0.255. The Balaban J connectivity index is 2.46. The standard InChI is InChI=1S/C15H15ClFN/c1-9-7-10(2)14(13(17)8-9)15(18)11-3-5-12(16)6-4-11/h3-8,15H,18H2,1-2H3. The Kier molecular flexibility index (Phi) is 3.69. The zero-order valence-electron chi connectivity index (χ0n) is 10.4. The average Bonchev–Trinajstić information content (AvgIpc) is 2.28. The Morgan fingerprint density at radius 2 is 1.72 bits per heavy atom. The van der Waals surface area contributed by atoms with Crippen LogP contribution < -0.4 is 5.73 Å². The van der Waals surface area contributed by atoms with Gasteiger partial charge in [0.1, 0.15) is 5.82 Å². The lowest BCUT2D eigenvalue weighted by atomic mass is 9.94. The third-order valence-electron chi connectivity index (χ3n) is 3.02. The van der Waals surface area contributed by atoms with Crippen LogP contribution in [0.25, 0.3) is 0 Å². The van der Waals surface area contributed by atoms with Gasteiger partial charge < -0.3 is 5.73 Å². The van der Waals surface area contributed by atoms with E-state index in [1.165, 1.54) is 6.07 Å². The molecule has 0 amide bonds. The van der Waals surface area contributed by atoms with Crippen LogP contribution in [0.1, 0.15) is 28.3 Å². The van der Waals surface area contributed by atoms with Crippen molar-refractivity contribution in [3.8, 4) is 0 Å². The van der Waals surface area contributed by atoms with E-state index in [0.717, 1.165) is 16.7 Å². The predicted octanol–water partition coefficient (Wildman–Crippen LogP) is 4.14. The Labute approximate surface area is 111 Å². The summed E-state index contributed by atoms with van der Waals surface area (Å²) in [5, 5.41) is 0.645. The highest BCUT2D eigenvalue weighted by Crippen LogP contribution is 2.27. The number of rotatable bonds is 2. The fraction of sp³-hybridized carbons (Fsp3) is 0.200. The molecule has 1 unspecified atom stereocenters. The third-order valence-corrected chi connectivity index (χ3v) is 3.27. The highest BCUT2D eigenvalue weighted by Gasteiger charge is 2.16. The minimum Gasteiger partial charge on any atom is -0.320 e. The van der Waals surface area contributed by atoms with Crippen molar-refractivity contribution in [1.82, 2.24) is 0 Å². The number of aryl methyl sites for hydroxylation is 2. The molecule has 0 saturated heterocycles. The van der Waals surface area contributed by atoms with E-state index in [0.29, 0.717) is 10.6 Å². The Hall–Kier alpha value is -1.38. The number of halogens is 2. The van der Waals surface area contributed by atoms with E-state index < -0.39 is 6.04 Å². The van der Waals surface area contributed by atoms with Crippen LogP contribution in [0.5, 0.6) is 0 Å². The molecule has 94 valence electrons. The second-order valence-corrected chi connectivity index (χ2v) is 4.94. The number of hydrogen-bond acceptors (Lipinski definition) is 1. The average molecular weight is 264 g/mol. The van der Waals surface area contributed by atoms with Gasteiger partial charge in [-0.05, 0) is 48.7 Å². The van der Waals surface area contributed by atoms with Gasteiger partial charge in [0, 0.05) is 10.6 Å². The van der Waals surface area contributed by atoms with Crippen molar-refractivity contribution in [1.29, 1.82) is 0 Å². The molecule has 0 saturated carbocycles. The lowest BCUT2D eigenvalue weighted by Crippen LogP contribution is -2.15. The molecule has 18 heavy (non-hydrogen) atoms. The van der Waals surface area contributed by atoms with E-state index in [2.05, 4.69) is 0 Å². The van der Waals surface area contributed by atoms with Gasteiger partial charge in [-0.2, -0.15) is 0 Å². The van der Waals surface area contributed by atoms with Crippen molar-refractivity contribution < 1.29 is 4.39 Å². The van der Waals surface area contributed by atoms with E-state index in [-0.39, 0.29) is 5.82 Å². The highest BCUT2D eigenvalue weighted by molar-refractivity contribution is 6.30. The molecule has 2 rings (SSSR count). The molecule has 0 aliphatic heterocycles. The zero-order chi connectivity index (χ0) is 13.3. The first-order valence-electron chi connectivity index (χ1n) is 5.76. The molecule has 2 aromatic rings. The normalized spacial score (nSPS) is 12.5. The fourth-order valence-electron chi connectivity index (χ4n) is 2.16. The summed E-state index contributed by atoms with van der Waals surface area (Å²) >= 11 is 5.83. The number of benzene rings is 2. The van der Waals surface area contributed by atoms with Crippen molar-refractivity contribution in [2.45, 2.75) is 19.9 Å². The summed E-state index contributed by atoms with van der Waals surface area (Å²) in [7, 11) is 0. The summed E-state index contributed by atoms with van der Waals surface area (Å²) in [6.07, 6.45) is 0. The monoisotopic (exact) mass is 263 g/mol. The molecule has 2 N–H and O–H groups in total. The maximum absolute atomic E-state index is 14.0. The molecule has 1 atom stereocenters. The maximum Gasteiger partial charge on any atom is 0.128 e. The Morgan fingerprint density at radius 3 is 2.28 bits per heavy atom. The van der Waals surface area contributed by atoms with Gasteiger partial charge in [-0.1, -0.05) is 29.8 Å². The van der Waals surface area contributed by atoms with Gasteiger partial charge in [0.05, 0.1) is 6.04 Å². The molecule has 2 aromatic carbocycles. The van der Waals surface area contributed by atoms with E-state index in [4.69, 9.17) is 17.3 Å². The molecule has 0 fully saturated rings. The lowest BCUT2D eigenvalue weighted by molar-refractivity contribution is 0.596. The highest BCUT2D eigenvalue weighted by atomic mass is 35.5. The Morgan fingerprint density at radius 1 is 1.11 bits per heavy atom. The van der Waals surface area contributed by atoms with Gasteiger partial charge in [0.15, 0.2) is 0 Å². The Bertz CT molecular complexity index is 540. The van der Waals surface area contributed by atoms with Crippen LogP contribution in [0.4, 0.5) is 4.39 Å². The summed E-state index contributed by atoms with van der Waals surface area (Å²) in [6.45, 7) is 3.74. The van der Waals surface area contributed by atoms with Gasteiger partial charge in [-0.15, -0.1) is 0 Å². The van der Waals surface area contributed by atoms with Gasteiger partial charge in [0.2, 0.25) is 0 Å². The maximum atomic E-state index is 14.0. The zero-order valence-corrected chi connectivity index (χ0v) is 11.1. The SMILES string of the molecule is Cc1cc(C)c(C(N)c2ccc(Cl)cc2)c(F)c1. The minimum atomic E-state index is -0.470. The van der Waals surface area contributed by atoms with Crippen LogP contribution in [0.3, 0.4) is 0 Å².